The third-order valence-corrected chi connectivity index (χ3v) is 4.54. The van der Waals surface area contributed by atoms with E-state index in [-0.39, 0.29) is 18.4 Å². The summed E-state index contributed by atoms with van der Waals surface area (Å²) >= 11 is 0. The number of hydrogen-bond acceptors (Lipinski definition) is 5. The molecule has 0 aliphatic carbocycles. The number of carbonyl (C=O) groups excluding carboxylic acids is 1. The maximum absolute atomic E-state index is 11.6. The van der Waals surface area contributed by atoms with E-state index in [9.17, 15) is 4.79 Å². The van der Waals surface area contributed by atoms with Gasteiger partial charge in [0.25, 0.3) is 0 Å². The normalized spacial score (nSPS) is 25.2. The molecule has 1 aromatic heterocycles. The fourth-order valence-electron chi connectivity index (χ4n) is 3.41. The van der Waals surface area contributed by atoms with E-state index in [4.69, 9.17) is 9.15 Å². The molecule has 6 heteroatoms. The van der Waals surface area contributed by atoms with Crippen LogP contribution in [0.5, 0.6) is 0 Å². The SMILES string of the molecule is COC(=O)c1cc(CN2CCC3CNCC3C2)oc1C.Cl. The fraction of sp³-hybridized carbons (Fsp3) is 0.667. The summed E-state index contributed by atoms with van der Waals surface area (Å²) in [6, 6.07) is 1.82. The molecule has 0 spiro atoms. The molecule has 3 heterocycles. The molecule has 0 aromatic carbocycles. The number of carbonyl (C=O) groups is 1. The Kier molecular flexibility index (Phi) is 5.30. The second-order valence-electron chi connectivity index (χ2n) is 5.88. The largest absolute Gasteiger partial charge is 0.465 e. The van der Waals surface area contributed by atoms with Gasteiger partial charge in [-0.15, -0.1) is 12.4 Å². The first-order chi connectivity index (χ1) is 9.67. The Morgan fingerprint density at radius 2 is 2.24 bits per heavy atom. The molecule has 21 heavy (non-hydrogen) atoms. The number of methoxy groups -OCH3 is 1. The van der Waals surface area contributed by atoms with Crippen molar-refractivity contribution in [3.05, 3.63) is 23.2 Å². The Bertz CT molecular complexity index is 503. The lowest BCUT2D eigenvalue weighted by molar-refractivity contribution is 0.0599. The van der Waals surface area contributed by atoms with Crippen molar-refractivity contribution in [3.8, 4) is 0 Å². The first-order valence-corrected chi connectivity index (χ1v) is 7.28. The molecule has 2 saturated heterocycles. The molecule has 2 unspecified atom stereocenters. The van der Waals surface area contributed by atoms with Crippen LogP contribution in [-0.4, -0.2) is 44.2 Å². The Balaban J connectivity index is 0.00000161. The van der Waals surface area contributed by atoms with E-state index in [1.54, 1.807) is 0 Å². The second kappa shape index (κ2) is 6.81. The Morgan fingerprint density at radius 3 is 3.00 bits per heavy atom. The van der Waals surface area contributed by atoms with Gasteiger partial charge in [0, 0.05) is 6.54 Å². The minimum atomic E-state index is -0.323. The molecule has 0 saturated carbocycles. The second-order valence-corrected chi connectivity index (χ2v) is 5.88. The molecular formula is C15H23ClN2O3. The molecule has 2 atom stereocenters. The van der Waals surface area contributed by atoms with Crippen LogP contribution in [0.2, 0.25) is 0 Å². The van der Waals surface area contributed by atoms with E-state index in [1.165, 1.54) is 20.1 Å². The van der Waals surface area contributed by atoms with Gasteiger partial charge in [-0.05, 0) is 50.9 Å². The zero-order chi connectivity index (χ0) is 14.1. The van der Waals surface area contributed by atoms with Crippen LogP contribution in [0, 0.1) is 18.8 Å². The summed E-state index contributed by atoms with van der Waals surface area (Å²) in [4.78, 5) is 14.0. The van der Waals surface area contributed by atoms with Crippen molar-refractivity contribution in [3.63, 3.8) is 0 Å². The number of aryl methyl sites for hydroxylation is 1. The van der Waals surface area contributed by atoms with Gasteiger partial charge >= 0.3 is 5.97 Å². The van der Waals surface area contributed by atoms with E-state index in [1.807, 2.05) is 13.0 Å². The van der Waals surface area contributed by atoms with E-state index in [2.05, 4.69) is 10.2 Å². The lowest BCUT2D eigenvalue weighted by Crippen LogP contribution is -2.39. The lowest BCUT2D eigenvalue weighted by Gasteiger charge is -2.33. The van der Waals surface area contributed by atoms with Crippen LogP contribution in [0.15, 0.2) is 10.5 Å². The van der Waals surface area contributed by atoms with Gasteiger partial charge in [-0.25, -0.2) is 4.79 Å². The highest BCUT2D eigenvalue weighted by Gasteiger charge is 2.33. The zero-order valence-corrected chi connectivity index (χ0v) is 13.4. The third kappa shape index (κ3) is 3.42. The van der Waals surface area contributed by atoms with Crippen molar-refractivity contribution >= 4 is 18.4 Å². The predicted molar refractivity (Wildman–Crippen MR) is 81.8 cm³/mol. The monoisotopic (exact) mass is 314 g/mol. The number of fused-ring (bicyclic) bond motifs is 1. The van der Waals surface area contributed by atoms with Gasteiger partial charge in [-0.3, -0.25) is 4.90 Å². The van der Waals surface area contributed by atoms with Crippen LogP contribution in [0.1, 0.15) is 28.3 Å². The topological polar surface area (TPSA) is 54.7 Å². The van der Waals surface area contributed by atoms with Crippen LogP contribution < -0.4 is 5.32 Å². The van der Waals surface area contributed by atoms with Gasteiger partial charge < -0.3 is 14.5 Å². The van der Waals surface area contributed by atoms with Crippen LogP contribution in [-0.2, 0) is 11.3 Å². The van der Waals surface area contributed by atoms with Crippen molar-refractivity contribution in [1.82, 2.24) is 10.2 Å². The van der Waals surface area contributed by atoms with Gasteiger partial charge in [-0.1, -0.05) is 0 Å². The average molecular weight is 315 g/mol. The highest BCUT2D eigenvalue weighted by Crippen LogP contribution is 2.28. The fourth-order valence-corrected chi connectivity index (χ4v) is 3.41. The van der Waals surface area contributed by atoms with Crippen LogP contribution in [0.3, 0.4) is 0 Å². The van der Waals surface area contributed by atoms with Gasteiger partial charge in [0.1, 0.15) is 17.1 Å². The van der Waals surface area contributed by atoms with Gasteiger partial charge in [0.05, 0.1) is 13.7 Å². The highest BCUT2D eigenvalue weighted by atomic mass is 35.5. The number of furan rings is 1. The molecule has 2 fully saturated rings. The summed E-state index contributed by atoms with van der Waals surface area (Å²) in [5, 5.41) is 3.47. The van der Waals surface area contributed by atoms with Crippen molar-refractivity contribution in [2.45, 2.75) is 19.9 Å². The number of esters is 1. The molecule has 118 valence electrons. The summed E-state index contributed by atoms with van der Waals surface area (Å²) < 4.78 is 10.4. The van der Waals surface area contributed by atoms with Crippen molar-refractivity contribution in [1.29, 1.82) is 0 Å². The van der Waals surface area contributed by atoms with Crippen molar-refractivity contribution < 1.29 is 13.9 Å². The number of nitrogens with zero attached hydrogens (tertiary/aromatic N) is 1. The van der Waals surface area contributed by atoms with Gasteiger partial charge in [0.2, 0.25) is 0 Å². The number of likely N-dealkylation sites (tertiary alicyclic amines) is 1. The first-order valence-electron chi connectivity index (χ1n) is 7.28. The Hall–Kier alpha value is -1.04. The molecular weight excluding hydrogens is 292 g/mol. The standard InChI is InChI=1S/C15H22N2O3.ClH/c1-10-14(15(18)19-2)5-13(20-10)9-17-4-3-11-6-16-7-12(11)8-17;/h5,11-12,16H,3-4,6-9H2,1-2H3;1H. The molecule has 2 aliphatic rings. The Labute approximate surface area is 131 Å². The lowest BCUT2D eigenvalue weighted by atomic mass is 9.89. The van der Waals surface area contributed by atoms with Crippen molar-refractivity contribution in [2.75, 3.05) is 33.3 Å². The summed E-state index contributed by atoms with van der Waals surface area (Å²) in [5.74, 6) is 2.78. The number of piperidine rings is 1. The highest BCUT2D eigenvalue weighted by molar-refractivity contribution is 5.90. The van der Waals surface area contributed by atoms with E-state index in [0.29, 0.717) is 11.3 Å². The van der Waals surface area contributed by atoms with E-state index < -0.39 is 0 Å². The summed E-state index contributed by atoms with van der Waals surface area (Å²) in [5.41, 5.74) is 0.542. The predicted octanol–water partition coefficient (Wildman–Crippen LogP) is 1.84. The molecule has 0 amide bonds. The number of hydrogen-bond donors (Lipinski definition) is 1. The van der Waals surface area contributed by atoms with E-state index in [0.717, 1.165) is 43.8 Å². The molecule has 2 aliphatic heterocycles. The molecule has 5 nitrogen and oxygen atoms in total. The number of ether oxygens (including phenoxy) is 1. The molecule has 3 rings (SSSR count). The average Bonchev–Trinajstić information content (AvgIpc) is 3.04. The van der Waals surface area contributed by atoms with Gasteiger partial charge in [0.15, 0.2) is 0 Å². The molecule has 0 bridgehead atoms. The molecule has 0 radical (unpaired) electrons. The minimum absolute atomic E-state index is 0. The molecule has 1 N–H and O–H groups in total. The maximum Gasteiger partial charge on any atom is 0.341 e. The summed E-state index contributed by atoms with van der Waals surface area (Å²) in [6.45, 7) is 7.11. The molecule has 1 aromatic rings. The zero-order valence-electron chi connectivity index (χ0n) is 12.6. The van der Waals surface area contributed by atoms with Crippen molar-refractivity contribution in [2.24, 2.45) is 11.8 Å². The maximum atomic E-state index is 11.6. The quantitative estimate of drug-likeness (QED) is 0.863. The van der Waals surface area contributed by atoms with E-state index >= 15 is 0 Å². The van der Waals surface area contributed by atoms with Gasteiger partial charge in [-0.2, -0.15) is 0 Å². The van der Waals surface area contributed by atoms with Crippen LogP contribution in [0.4, 0.5) is 0 Å². The summed E-state index contributed by atoms with van der Waals surface area (Å²) in [6.07, 6.45) is 1.25. The Morgan fingerprint density at radius 1 is 1.48 bits per heavy atom. The smallest absolute Gasteiger partial charge is 0.341 e. The third-order valence-electron chi connectivity index (χ3n) is 4.54. The number of nitrogens with one attached hydrogen (secondary N) is 1. The first kappa shape index (κ1) is 16.3. The minimum Gasteiger partial charge on any atom is -0.465 e. The number of halogens is 1. The number of rotatable bonds is 3. The summed E-state index contributed by atoms with van der Waals surface area (Å²) in [7, 11) is 1.40. The van der Waals surface area contributed by atoms with Crippen LogP contribution in [0.25, 0.3) is 0 Å². The van der Waals surface area contributed by atoms with Crippen LogP contribution >= 0.6 is 12.4 Å².